The second-order valence-corrected chi connectivity index (χ2v) is 6.36. The molecule has 1 aliphatic rings. The summed E-state index contributed by atoms with van der Waals surface area (Å²) >= 11 is 0. The van der Waals surface area contributed by atoms with Crippen molar-refractivity contribution in [3.05, 3.63) is 42.8 Å². The van der Waals surface area contributed by atoms with E-state index >= 15 is 0 Å². The molecule has 1 aromatic heterocycles. The summed E-state index contributed by atoms with van der Waals surface area (Å²) in [6.45, 7) is 9.59. The minimum absolute atomic E-state index is 0.0582. The van der Waals surface area contributed by atoms with E-state index in [1.54, 1.807) is 17.6 Å². The maximum atomic E-state index is 12.4. The number of Topliss-reactive ketones (excluding diaryl/α,β-unsaturated/α-hetero) is 1. The summed E-state index contributed by atoms with van der Waals surface area (Å²) in [5.74, 6) is 0.00593. The van der Waals surface area contributed by atoms with Gasteiger partial charge in [-0.3, -0.25) is 0 Å². The Morgan fingerprint density at radius 3 is 2.48 bits per heavy atom. The third-order valence-electron chi connectivity index (χ3n) is 4.32. The topological polar surface area (TPSA) is 47.2 Å². The van der Waals surface area contributed by atoms with Crippen molar-refractivity contribution in [2.45, 2.75) is 39.5 Å². The van der Waals surface area contributed by atoms with Crippen molar-refractivity contribution in [2.24, 2.45) is 5.92 Å². The molecule has 2 rings (SSSR count). The Morgan fingerprint density at radius 1 is 1.35 bits per heavy atom. The maximum Gasteiger partial charge on any atom is 0.176 e. The number of rotatable bonds is 7. The van der Waals surface area contributed by atoms with Gasteiger partial charge in [-0.15, -0.1) is 0 Å². The van der Waals surface area contributed by atoms with Gasteiger partial charge in [-0.2, -0.15) is 4.57 Å². The molecule has 1 atom stereocenters. The van der Waals surface area contributed by atoms with Gasteiger partial charge >= 0.3 is 0 Å². The smallest absolute Gasteiger partial charge is 0.176 e. The molecular weight excluding hydrogens is 288 g/mol. The first-order valence-electron chi connectivity index (χ1n) is 8.27. The van der Waals surface area contributed by atoms with Crippen LogP contribution in [-0.2, 0) is 4.79 Å². The van der Waals surface area contributed by atoms with Crippen LogP contribution >= 0.6 is 0 Å². The number of hydrogen-bond acceptors (Lipinski definition) is 3. The van der Waals surface area contributed by atoms with Crippen molar-refractivity contribution in [1.82, 2.24) is 0 Å². The molecule has 0 aromatic carbocycles. The molecule has 4 heteroatoms. The van der Waals surface area contributed by atoms with E-state index in [-0.39, 0.29) is 17.6 Å². The van der Waals surface area contributed by atoms with Crippen LogP contribution < -0.4 is 14.6 Å². The van der Waals surface area contributed by atoms with Gasteiger partial charge in [-0.25, -0.2) is 0 Å². The van der Waals surface area contributed by atoms with Gasteiger partial charge in [0.25, 0.3) is 0 Å². The molecule has 1 unspecified atom stereocenters. The zero-order valence-electron chi connectivity index (χ0n) is 14.1. The monoisotopic (exact) mass is 314 g/mol. The molecule has 0 saturated carbocycles. The van der Waals surface area contributed by atoms with Crippen molar-refractivity contribution in [1.29, 1.82) is 0 Å². The van der Waals surface area contributed by atoms with Crippen molar-refractivity contribution in [3.63, 3.8) is 0 Å². The Hall–Kier alpha value is -2.10. The van der Waals surface area contributed by atoms with E-state index < -0.39 is 0 Å². The second kappa shape index (κ2) is 7.95. The van der Waals surface area contributed by atoms with E-state index in [1.807, 2.05) is 31.5 Å². The lowest BCUT2D eigenvalue weighted by atomic mass is 9.95. The Labute approximate surface area is 138 Å². The highest BCUT2D eigenvalue weighted by Gasteiger charge is 2.14. The van der Waals surface area contributed by atoms with Crippen molar-refractivity contribution in [3.8, 4) is 0 Å². The number of aromatic nitrogens is 1. The number of carbonyl (C=O) groups excluding carboxylic acids is 1. The zero-order valence-corrected chi connectivity index (χ0v) is 14.1. The van der Waals surface area contributed by atoms with Crippen LogP contribution in [0.15, 0.2) is 42.8 Å². The van der Waals surface area contributed by atoms with Gasteiger partial charge in [0, 0.05) is 43.2 Å². The standard InChI is InChI=1S/C19H26N2O2/c1-15(2)17(7-6-16(3)22)14-19(23)21-12-8-18(9-13-21)20-10-4-5-11-20/h8-9,12-14,17H,1,4-7,10-11H2,2-3H3. The average Bonchev–Trinajstić information content (AvgIpc) is 3.05. The lowest BCUT2D eigenvalue weighted by Gasteiger charge is -2.17. The first kappa shape index (κ1) is 17.3. The van der Waals surface area contributed by atoms with Crippen LogP contribution in [0.2, 0.25) is 0 Å². The summed E-state index contributed by atoms with van der Waals surface area (Å²) in [5, 5.41) is 12.4. The number of nitrogens with zero attached hydrogens (tertiary/aromatic N) is 2. The second-order valence-electron chi connectivity index (χ2n) is 6.36. The van der Waals surface area contributed by atoms with E-state index in [2.05, 4.69) is 11.5 Å². The maximum absolute atomic E-state index is 12.4. The lowest BCUT2D eigenvalue weighted by Crippen LogP contribution is -2.38. The van der Waals surface area contributed by atoms with Gasteiger partial charge in [-0.05, 0) is 39.2 Å². The Morgan fingerprint density at radius 2 is 1.96 bits per heavy atom. The van der Waals surface area contributed by atoms with Gasteiger partial charge in [0.15, 0.2) is 12.4 Å². The van der Waals surface area contributed by atoms with Crippen molar-refractivity contribution in [2.75, 3.05) is 18.0 Å². The predicted octanol–water partition coefficient (Wildman–Crippen LogP) is 2.29. The first-order valence-corrected chi connectivity index (χ1v) is 8.27. The van der Waals surface area contributed by atoms with Crippen LogP contribution in [0.3, 0.4) is 0 Å². The minimum atomic E-state index is -0.0745. The summed E-state index contributed by atoms with van der Waals surface area (Å²) in [7, 11) is 0. The van der Waals surface area contributed by atoms with Crippen LogP contribution in [-0.4, -0.2) is 18.9 Å². The summed E-state index contributed by atoms with van der Waals surface area (Å²) < 4.78 is 1.59. The molecule has 1 aliphatic heterocycles. The molecule has 1 saturated heterocycles. The fraction of sp³-hybridized carbons (Fsp3) is 0.474. The number of allylic oxidation sites excluding steroid dienone is 2. The fourth-order valence-electron chi connectivity index (χ4n) is 2.84. The van der Waals surface area contributed by atoms with E-state index in [4.69, 9.17) is 0 Å². The molecule has 0 radical (unpaired) electrons. The third kappa shape index (κ3) is 4.95. The van der Waals surface area contributed by atoms with E-state index in [0.717, 1.165) is 18.7 Å². The molecule has 4 nitrogen and oxygen atoms in total. The Bertz CT molecular complexity index is 584. The highest BCUT2D eigenvalue weighted by Crippen LogP contribution is 2.19. The predicted molar refractivity (Wildman–Crippen MR) is 90.6 cm³/mol. The molecule has 23 heavy (non-hydrogen) atoms. The largest absolute Gasteiger partial charge is 0.823 e. The zero-order chi connectivity index (χ0) is 16.8. The molecule has 1 aromatic rings. The van der Waals surface area contributed by atoms with Gasteiger partial charge < -0.3 is 14.8 Å². The van der Waals surface area contributed by atoms with Crippen LogP contribution in [0.1, 0.15) is 39.5 Å². The summed E-state index contributed by atoms with van der Waals surface area (Å²) in [6, 6.07) is 3.98. The van der Waals surface area contributed by atoms with Crippen molar-refractivity contribution < 1.29 is 14.5 Å². The van der Waals surface area contributed by atoms with Crippen LogP contribution in [0, 0.1) is 5.92 Å². The van der Waals surface area contributed by atoms with Crippen molar-refractivity contribution >= 4 is 17.4 Å². The highest BCUT2D eigenvalue weighted by atomic mass is 16.3. The fourth-order valence-corrected chi connectivity index (χ4v) is 2.84. The molecule has 0 aliphatic carbocycles. The molecule has 0 bridgehead atoms. The minimum Gasteiger partial charge on any atom is -0.823 e. The molecular formula is C19H26N2O2. The average molecular weight is 314 g/mol. The number of ketones is 1. The number of anilines is 1. The van der Waals surface area contributed by atoms with Crippen LogP contribution in [0.4, 0.5) is 5.69 Å². The molecule has 2 heterocycles. The SMILES string of the molecule is C=C(C)C(C=C([O-])[n+]1ccc(N2CCCC2)cc1)CCC(C)=O. The first-order chi connectivity index (χ1) is 11.0. The van der Waals surface area contributed by atoms with Gasteiger partial charge in [0.1, 0.15) is 11.7 Å². The van der Waals surface area contributed by atoms with E-state index in [1.165, 1.54) is 18.5 Å². The lowest BCUT2D eigenvalue weighted by molar-refractivity contribution is -0.652. The number of pyridine rings is 1. The molecule has 0 N–H and O–H groups in total. The van der Waals surface area contributed by atoms with Gasteiger partial charge in [-0.1, -0.05) is 12.2 Å². The quantitative estimate of drug-likeness (QED) is 0.441. The number of hydrogen-bond donors (Lipinski definition) is 0. The van der Waals surface area contributed by atoms with Gasteiger partial charge in [0.2, 0.25) is 0 Å². The molecule has 0 spiro atoms. The highest BCUT2D eigenvalue weighted by molar-refractivity contribution is 5.75. The van der Waals surface area contributed by atoms with Crippen LogP contribution in [0.5, 0.6) is 0 Å². The van der Waals surface area contributed by atoms with E-state index in [0.29, 0.717) is 12.8 Å². The molecule has 1 fully saturated rings. The Balaban J connectivity index is 2.08. The third-order valence-corrected chi connectivity index (χ3v) is 4.32. The normalized spacial score (nSPS) is 16.4. The summed E-state index contributed by atoms with van der Waals surface area (Å²) in [4.78, 5) is 13.5. The Kier molecular flexibility index (Phi) is 5.97. The molecule has 124 valence electrons. The van der Waals surface area contributed by atoms with Gasteiger partial charge in [0.05, 0.1) is 0 Å². The number of carbonyl (C=O) groups is 1. The summed E-state index contributed by atoms with van der Waals surface area (Å²) in [6.07, 6.45) is 8.87. The van der Waals surface area contributed by atoms with Crippen LogP contribution in [0.25, 0.3) is 5.88 Å². The van der Waals surface area contributed by atoms with E-state index in [9.17, 15) is 9.90 Å². The summed E-state index contributed by atoms with van der Waals surface area (Å²) in [5.41, 5.74) is 2.08. The molecule has 0 amide bonds.